The van der Waals surface area contributed by atoms with Crippen molar-refractivity contribution in [2.45, 2.75) is 32.0 Å². The maximum atomic E-state index is 6.31. The van der Waals surface area contributed by atoms with Gasteiger partial charge < -0.3 is 15.2 Å². The molecule has 0 radical (unpaired) electrons. The van der Waals surface area contributed by atoms with E-state index < -0.39 is 0 Å². The summed E-state index contributed by atoms with van der Waals surface area (Å²) in [5.41, 5.74) is 7.08. The minimum absolute atomic E-state index is 0.0417. The van der Waals surface area contributed by atoms with Gasteiger partial charge in [-0.3, -0.25) is 9.88 Å². The third-order valence-corrected chi connectivity index (χ3v) is 3.59. The minimum Gasteiger partial charge on any atom is -0.495 e. The van der Waals surface area contributed by atoms with Gasteiger partial charge in [0.25, 0.3) is 0 Å². The molecule has 19 heavy (non-hydrogen) atoms. The van der Waals surface area contributed by atoms with Crippen LogP contribution in [0, 0.1) is 0 Å². The molecule has 2 rings (SSSR count). The average Bonchev–Trinajstić information content (AvgIpc) is 2.46. The van der Waals surface area contributed by atoms with Gasteiger partial charge in [-0.2, -0.15) is 0 Å². The van der Waals surface area contributed by atoms with Crippen LogP contribution in [0.3, 0.4) is 0 Å². The van der Waals surface area contributed by atoms with Crippen LogP contribution in [-0.2, 0) is 4.74 Å². The number of nitrogens with zero attached hydrogens (tertiary/aromatic N) is 2. The summed E-state index contributed by atoms with van der Waals surface area (Å²) in [5.74, 6) is 0.722. The molecular weight excluding hydrogens is 242 g/mol. The Hall–Kier alpha value is -1.17. The highest BCUT2D eigenvalue weighted by molar-refractivity contribution is 5.30. The lowest BCUT2D eigenvalue weighted by Gasteiger charge is -2.37. The van der Waals surface area contributed by atoms with E-state index in [0.717, 1.165) is 24.5 Å². The number of nitrogens with two attached hydrogens (primary N) is 1. The van der Waals surface area contributed by atoms with E-state index >= 15 is 0 Å². The van der Waals surface area contributed by atoms with E-state index in [9.17, 15) is 0 Å². The van der Waals surface area contributed by atoms with E-state index in [1.165, 1.54) is 0 Å². The molecule has 0 bridgehead atoms. The monoisotopic (exact) mass is 265 g/mol. The van der Waals surface area contributed by atoms with Crippen molar-refractivity contribution in [2.75, 3.05) is 26.8 Å². The third-order valence-electron chi connectivity index (χ3n) is 3.59. The highest BCUT2D eigenvalue weighted by Crippen LogP contribution is 2.26. The number of morpholine rings is 1. The summed E-state index contributed by atoms with van der Waals surface area (Å²) >= 11 is 0. The second kappa shape index (κ2) is 6.32. The van der Waals surface area contributed by atoms with Gasteiger partial charge in [-0.1, -0.05) is 0 Å². The number of methoxy groups -OCH3 is 1. The Morgan fingerprint density at radius 2 is 2.32 bits per heavy atom. The van der Waals surface area contributed by atoms with Crippen molar-refractivity contribution in [1.29, 1.82) is 0 Å². The fourth-order valence-corrected chi connectivity index (χ4v) is 2.38. The van der Waals surface area contributed by atoms with E-state index in [-0.39, 0.29) is 12.1 Å². The second-order valence-corrected chi connectivity index (χ2v) is 5.11. The van der Waals surface area contributed by atoms with Gasteiger partial charge in [-0.15, -0.1) is 0 Å². The molecule has 0 amide bonds. The van der Waals surface area contributed by atoms with Gasteiger partial charge in [-0.25, -0.2) is 0 Å². The van der Waals surface area contributed by atoms with E-state index in [2.05, 4.69) is 23.7 Å². The molecule has 1 aliphatic rings. The molecular formula is C14H23N3O2. The van der Waals surface area contributed by atoms with Crippen LogP contribution in [0.15, 0.2) is 18.3 Å². The first kappa shape index (κ1) is 14.2. The zero-order chi connectivity index (χ0) is 13.8. The minimum atomic E-state index is -0.266. The molecule has 1 aliphatic heterocycles. The molecule has 5 heteroatoms. The molecule has 2 N–H and O–H groups in total. The Kier molecular flexibility index (Phi) is 4.74. The molecule has 1 saturated heterocycles. The van der Waals surface area contributed by atoms with Crippen molar-refractivity contribution in [2.24, 2.45) is 5.73 Å². The van der Waals surface area contributed by atoms with Crippen molar-refractivity contribution in [3.05, 3.63) is 24.0 Å². The van der Waals surface area contributed by atoms with Gasteiger partial charge in [0.05, 0.1) is 25.9 Å². The lowest BCUT2D eigenvalue weighted by molar-refractivity contribution is -0.0510. The highest BCUT2D eigenvalue weighted by Gasteiger charge is 2.30. The zero-order valence-corrected chi connectivity index (χ0v) is 11.9. The predicted octanol–water partition coefficient (Wildman–Crippen LogP) is 1.20. The molecule has 0 aliphatic carbocycles. The molecule has 0 saturated carbocycles. The summed E-state index contributed by atoms with van der Waals surface area (Å²) in [5, 5.41) is 0. The maximum Gasteiger partial charge on any atom is 0.142 e. The van der Waals surface area contributed by atoms with Crippen molar-refractivity contribution in [1.82, 2.24) is 9.88 Å². The number of hydrogen-bond donors (Lipinski definition) is 1. The standard InChI is InChI=1S/C14H23N3O2/c1-10(2)17-7-8-19-12(9-17)13(15)14-11(18-3)5-4-6-16-14/h4-6,10,12-13H,7-9,15H2,1-3H3. The molecule has 2 unspecified atom stereocenters. The van der Waals surface area contributed by atoms with Crippen LogP contribution >= 0.6 is 0 Å². The van der Waals surface area contributed by atoms with Crippen molar-refractivity contribution in [3.63, 3.8) is 0 Å². The maximum absolute atomic E-state index is 6.31. The van der Waals surface area contributed by atoms with Gasteiger partial charge in [0.1, 0.15) is 11.4 Å². The average molecular weight is 265 g/mol. The fourth-order valence-electron chi connectivity index (χ4n) is 2.38. The van der Waals surface area contributed by atoms with Gasteiger partial charge in [0, 0.05) is 25.3 Å². The van der Waals surface area contributed by atoms with Gasteiger partial charge in [0.2, 0.25) is 0 Å². The lowest BCUT2D eigenvalue weighted by atomic mass is 10.0. The molecule has 0 spiro atoms. The smallest absolute Gasteiger partial charge is 0.142 e. The summed E-state index contributed by atoms with van der Waals surface area (Å²) in [7, 11) is 1.63. The molecule has 1 aromatic rings. The van der Waals surface area contributed by atoms with E-state index in [1.54, 1.807) is 13.3 Å². The Morgan fingerprint density at radius 1 is 1.53 bits per heavy atom. The van der Waals surface area contributed by atoms with Crippen molar-refractivity contribution in [3.8, 4) is 5.75 Å². The second-order valence-electron chi connectivity index (χ2n) is 5.11. The molecule has 0 aromatic carbocycles. The first-order chi connectivity index (χ1) is 9.13. The summed E-state index contributed by atoms with van der Waals surface area (Å²) in [4.78, 5) is 6.72. The van der Waals surface area contributed by atoms with Crippen molar-refractivity contribution < 1.29 is 9.47 Å². The Labute approximate surface area is 114 Å². The summed E-state index contributed by atoms with van der Waals surface area (Å²) in [6, 6.07) is 3.96. The third kappa shape index (κ3) is 3.23. The largest absolute Gasteiger partial charge is 0.495 e. The molecule has 106 valence electrons. The van der Waals surface area contributed by atoms with Crippen LogP contribution < -0.4 is 10.5 Å². The summed E-state index contributed by atoms with van der Waals surface area (Å²) in [6.07, 6.45) is 1.70. The van der Waals surface area contributed by atoms with Crippen molar-refractivity contribution >= 4 is 0 Å². The van der Waals surface area contributed by atoms with Gasteiger partial charge in [-0.05, 0) is 26.0 Å². The Bertz CT molecular complexity index is 411. The molecule has 2 heterocycles. The number of pyridine rings is 1. The first-order valence-corrected chi connectivity index (χ1v) is 6.73. The van der Waals surface area contributed by atoms with Gasteiger partial charge >= 0.3 is 0 Å². The van der Waals surface area contributed by atoms with E-state index in [1.807, 2.05) is 12.1 Å². The summed E-state index contributed by atoms with van der Waals surface area (Å²) in [6.45, 7) is 6.88. The van der Waals surface area contributed by atoms with Crippen LogP contribution in [0.5, 0.6) is 5.75 Å². The van der Waals surface area contributed by atoms with Crippen LogP contribution in [-0.4, -0.2) is 48.8 Å². The predicted molar refractivity (Wildman–Crippen MR) is 74.2 cm³/mol. The highest BCUT2D eigenvalue weighted by atomic mass is 16.5. The van der Waals surface area contributed by atoms with E-state index in [4.69, 9.17) is 15.2 Å². The van der Waals surface area contributed by atoms with Crippen LogP contribution in [0.25, 0.3) is 0 Å². The van der Waals surface area contributed by atoms with Crippen LogP contribution in [0.4, 0.5) is 0 Å². The zero-order valence-electron chi connectivity index (χ0n) is 11.9. The molecule has 5 nitrogen and oxygen atoms in total. The van der Waals surface area contributed by atoms with Crippen LogP contribution in [0.2, 0.25) is 0 Å². The quantitative estimate of drug-likeness (QED) is 0.886. The van der Waals surface area contributed by atoms with E-state index in [0.29, 0.717) is 12.6 Å². The molecule has 1 aromatic heterocycles. The topological polar surface area (TPSA) is 60.6 Å². The number of rotatable bonds is 4. The molecule has 1 fully saturated rings. The number of hydrogen-bond acceptors (Lipinski definition) is 5. The molecule has 2 atom stereocenters. The first-order valence-electron chi connectivity index (χ1n) is 6.73. The number of ether oxygens (including phenoxy) is 2. The van der Waals surface area contributed by atoms with Gasteiger partial charge in [0.15, 0.2) is 0 Å². The number of aromatic nitrogens is 1. The van der Waals surface area contributed by atoms with Crippen LogP contribution in [0.1, 0.15) is 25.6 Å². The normalized spacial score (nSPS) is 22.5. The SMILES string of the molecule is COc1cccnc1C(N)C1CN(C(C)C)CCO1. The fraction of sp³-hybridized carbons (Fsp3) is 0.643. The Balaban J connectivity index is 2.12. The lowest BCUT2D eigenvalue weighted by Crippen LogP contribution is -2.49. The Morgan fingerprint density at radius 3 is 3.00 bits per heavy atom. The summed E-state index contributed by atoms with van der Waals surface area (Å²) < 4.78 is 11.1.